The van der Waals surface area contributed by atoms with E-state index >= 15 is 0 Å². The van der Waals surface area contributed by atoms with Gasteiger partial charge in [-0.15, -0.1) is 0 Å². The van der Waals surface area contributed by atoms with Gasteiger partial charge in [-0.25, -0.2) is 13.4 Å². The first-order valence-electron chi connectivity index (χ1n) is 8.28. The number of nitrogen functional groups attached to an aromatic ring is 2. The quantitative estimate of drug-likeness (QED) is 0.750. The van der Waals surface area contributed by atoms with Gasteiger partial charge in [0.05, 0.1) is 18.6 Å². The largest absolute Gasteiger partial charge is 0.492 e. The summed E-state index contributed by atoms with van der Waals surface area (Å²) in [6.45, 7) is 7.66. The van der Waals surface area contributed by atoms with Gasteiger partial charge in [-0.3, -0.25) is 0 Å². The Bertz CT molecular complexity index is 898. The van der Waals surface area contributed by atoms with Crippen LogP contribution in [0.25, 0.3) is 0 Å². The minimum atomic E-state index is -3.51. The summed E-state index contributed by atoms with van der Waals surface area (Å²) in [6, 6.07) is 3.16. The summed E-state index contributed by atoms with van der Waals surface area (Å²) in [5, 5.41) is 0. The van der Waals surface area contributed by atoms with Crippen LogP contribution in [-0.2, 0) is 9.84 Å². The molecule has 1 aromatic carbocycles. The van der Waals surface area contributed by atoms with Crippen molar-refractivity contribution >= 4 is 21.6 Å². The summed E-state index contributed by atoms with van der Waals surface area (Å²) in [5.74, 6) is 0.965. The Hall–Kier alpha value is -2.55. The van der Waals surface area contributed by atoms with E-state index in [1.807, 2.05) is 13.8 Å². The molecule has 142 valence electrons. The maximum atomic E-state index is 12.5. The van der Waals surface area contributed by atoms with E-state index in [0.29, 0.717) is 18.1 Å². The first-order chi connectivity index (χ1) is 12.2. The molecule has 8 nitrogen and oxygen atoms in total. The number of sulfone groups is 1. The minimum Gasteiger partial charge on any atom is -0.492 e. The normalized spacial score (nSPS) is 11.6. The molecule has 1 heterocycles. The van der Waals surface area contributed by atoms with Gasteiger partial charge in [-0.2, -0.15) is 4.98 Å². The molecule has 0 aliphatic heterocycles. The molecule has 0 spiro atoms. The summed E-state index contributed by atoms with van der Waals surface area (Å²) >= 11 is 0. The Balaban J connectivity index is 2.64. The van der Waals surface area contributed by atoms with Crippen molar-refractivity contribution in [2.45, 2.75) is 38.5 Å². The predicted octanol–water partition coefficient (Wildman–Crippen LogP) is 2.75. The van der Waals surface area contributed by atoms with Gasteiger partial charge in [-0.05, 0) is 18.9 Å². The molecule has 0 bridgehead atoms. The molecule has 9 heteroatoms. The number of hydrogen-bond acceptors (Lipinski definition) is 8. The lowest BCUT2D eigenvalue weighted by Gasteiger charge is -2.19. The summed E-state index contributed by atoms with van der Waals surface area (Å²) in [7, 11) is -3.51. The minimum absolute atomic E-state index is 0.0277. The Morgan fingerprint density at radius 3 is 2.35 bits per heavy atom. The van der Waals surface area contributed by atoms with Crippen molar-refractivity contribution in [2.24, 2.45) is 0 Å². The maximum Gasteiger partial charge on any atom is 0.222 e. The van der Waals surface area contributed by atoms with Crippen LogP contribution in [0.4, 0.5) is 11.8 Å². The highest BCUT2D eigenvalue weighted by atomic mass is 32.2. The van der Waals surface area contributed by atoms with Gasteiger partial charge < -0.3 is 20.9 Å². The first kappa shape index (κ1) is 19.8. The topological polar surface area (TPSA) is 130 Å². The lowest BCUT2D eigenvalue weighted by molar-refractivity contribution is 0.329. The Labute approximate surface area is 153 Å². The summed E-state index contributed by atoms with van der Waals surface area (Å²) in [4.78, 5) is 7.80. The van der Waals surface area contributed by atoms with Crippen LogP contribution in [0.1, 0.15) is 39.2 Å². The Kier molecular flexibility index (Phi) is 5.91. The highest BCUT2D eigenvalue weighted by molar-refractivity contribution is 7.91. The lowest BCUT2D eigenvalue weighted by Crippen LogP contribution is -2.09. The van der Waals surface area contributed by atoms with Crippen LogP contribution in [0.3, 0.4) is 0 Å². The fraction of sp³-hybridized carbons (Fsp3) is 0.412. The van der Waals surface area contributed by atoms with Crippen LogP contribution >= 0.6 is 0 Å². The second-order valence-corrected chi connectivity index (χ2v) is 8.15. The molecule has 0 fully saturated rings. The molecule has 0 aliphatic rings. The lowest BCUT2D eigenvalue weighted by atomic mass is 10.0. The predicted molar refractivity (Wildman–Crippen MR) is 100 cm³/mol. The maximum absolute atomic E-state index is 12.5. The van der Waals surface area contributed by atoms with E-state index in [2.05, 4.69) is 9.97 Å². The van der Waals surface area contributed by atoms with Crippen molar-refractivity contribution in [2.75, 3.05) is 23.8 Å². The molecule has 2 rings (SSSR count). The Morgan fingerprint density at radius 2 is 1.81 bits per heavy atom. The smallest absolute Gasteiger partial charge is 0.222 e. The van der Waals surface area contributed by atoms with Crippen molar-refractivity contribution in [1.82, 2.24) is 9.97 Å². The molecule has 0 radical (unpaired) electrons. The van der Waals surface area contributed by atoms with Gasteiger partial charge >= 0.3 is 0 Å². The van der Waals surface area contributed by atoms with Gasteiger partial charge in [0.1, 0.15) is 16.4 Å². The van der Waals surface area contributed by atoms with E-state index in [1.54, 1.807) is 19.9 Å². The van der Waals surface area contributed by atoms with Crippen LogP contribution in [0.5, 0.6) is 17.2 Å². The number of nitrogens with two attached hydrogens (primary N) is 2. The monoisotopic (exact) mass is 380 g/mol. The van der Waals surface area contributed by atoms with Gasteiger partial charge in [0.25, 0.3) is 0 Å². The molecule has 2 aromatic rings. The average Bonchev–Trinajstić information content (AvgIpc) is 2.58. The molecular formula is C17H24N4O4S. The molecular weight excluding hydrogens is 356 g/mol. The number of hydrogen-bond donors (Lipinski definition) is 2. The van der Waals surface area contributed by atoms with Crippen molar-refractivity contribution in [3.63, 3.8) is 0 Å². The van der Waals surface area contributed by atoms with Gasteiger partial charge in [0.15, 0.2) is 21.4 Å². The van der Waals surface area contributed by atoms with Crippen LogP contribution in [-0.4, -0.2) is 30.7 Å². The molecule has 1 aromatic heterocycles. The molecule has 0 atom stereocenters. The first-order valence-corrected chi connectivity index (χ1v) is 9.94. The standard InChI is InChI=1S/C17H24N4O4S/c1-5-24-13-7-11(10(3)4)12(8-15(13)26(22,23)6-2)25-14-9-20-17(19)21-16(14)18/h7-10H,5-6H2,1-4H3,(H4,18,19,20,21). The Morgan fingerprint density at radius 1 is 1.12 bits per heavy atom. The van der Waals surface area contributed by atoms with E-state index in [0.717, 1.165) is 5.56 Å². The molecule has 0 saturated carbocycles. The zero-order chi connectivity index (χ0) is 19.5. The van der Waals surface area contributed by atoms with E-state index in [4.69, 9.17) is 20.9 Å². The second kappa shape index (κ2) is 7.77. The van der Waals surface area contributed by atoms with E-state index < -0.39 is 9.84 Å². The van der Waals surface area contributed by atoms with Gasteiger partial charge in [0.2, 0.25) is 5.95 Å². The van der Waals surface area contributed by atoms with Gasteiger partial charge in [-0.1, -0.05) is 20.8 Å². The highest BCUT2D eigenvalue weighted by Crippen LogP contribution is 2.39. The molecule has 26 heavy (non-hydrogen) atoms. The highest BCUT2D eigenvalue weighted by Gasteiger charge is 2.23. The van der Waals surface area contributed by atoms with Crippen LogP contribution in [0, 0.1) is 0 Å². The number of nitrogens with zero attached hydrogens (tertiary/aromatic N) is 2. The average molecular weight is 380 g/mol. The van der Waals surface area contributed by atoms with E-state index in [-0.39, 0.29) is 34.1 Å². The van der Waals surface area contributed by atoms with Crippen molar-refractivity contribution < 1.29 is 17.9 Å². The van der Waals surface area contributed by atoms with Gasteiger partial charge in [0, 0.05) is 11.6 Å². The molecule has 0 amide bonds. The third-order valence-electron chi connectivity index (χ3n) is 3.73. The zero-order valence-electron chi connectivity index (χ0n) is 15.3. The molecule has 0 unspecified atom stereocenters. The van der Waals surface area contributed by atoms with Crippen molar-refractivity contribution in [1.29, 1.82) is 0 Å². The van der Waals surface area contributed by atoms with E-state index in [1.165, 1.54) is 12.3 Å². The van der Waals surface area contributed by atoms with Crippen molar-refractivity contribution in [3.8, 4) is 17.2 Å². The molecule has 4 N–H and O–H groups in total. The van der Waals surface area contributed by atoms with Crippen LogP contribution < -0.4 is 20.9 Å². The van der Waals surface area contributed by atoms with Crippen LogP contribution in [0.2, 0.25) is 0 Å². The summed E-state index contributed by atoms with van der Waals surface area (Å²) < 4.78 is 36.4. The summed E-state index contributed by atoms with van der Waals surface area (Å²) in [5.41, 5.74) is 12.1. The summed E-state index contributed by atoms with van der Waals surface area (Å²) in [6.07, 6.45) is 1.35. The van der Waals surface area contributed by atoms with E-state index in [9.17, 15) is 8.42 Å². The number of benzene rings is 1. The fourth-order valence-electron chi connectivity index (χ4n) is 2.36. The van der Waals surface area contributed by atoms with Crippen molar-refractivity contribution in [3.05, 3.63) is 23.9 Å². The number of anilines is 2. The fourth-order valence-corrected chi connectivity index (χ4v) is 3.38. The zero-order valence-corrected chi connectivity index (χ0v) is 16.1. The third-order valence-corrected chi connectivity index (χ3v) is 5.48. The number of rotatable bonds is 7. The van der Waals surface area contributed by atoms with Crippen LogP contribution in [0.15, 0.2) is 23.2 Å². The number of ether oxygens (including phenoxy) is 2. The number of aromatic nitrogens is 2. The SMILES string of the molecule is CCOc1cc(C(C)C)c(Oc2cnc(N)nc2N)cc1S(=O)(=O)CC. The second-order valence-electron chi connectivity index (χ2n) is 5.91. The molecule has 0 saturated heterocycles. The third kappa shape index (κ3) is 4.16. The molecule has 0 aliphatic carbocycles.